The highest BCUT2D eigenvalue weighted by Gasteiger charge is 2.27. The van der Waals surface area contributed by atoms with E-state index in [1.165, 1.54) is 64.2 Å². The molecular formula is C23H39N. The fourth-order valence-electron chi connectivity index (χ4n) is 5.22. The minimum atomic E-state index is 0.263. The van der Waals surface area contributed by atoms with Crippen molar-refractivity contribution in [1.82, 2.24) is 0 Å². The van der Waals surface area contributed by atoms with Crippen molar-refractivity contribution in [3.05, 3.63) is 23.3 Å². The van der Waals surface area contributed by atoms with E-state index in [-0.39, 0.29) is 6.04 Å². The quantitative estimate of drug-likeness (QED) is 0.648. The molecule has 0 radical (unpaired) electrons. The van der Waals surface area contributed by atoms with Crippen LogP contribution in [0.2, 0.25) is 0 Å². The minimum absolute atomic E-state index is 0.263. The maximum absolute atomic E-state index is 6.57. The molecule has 2 fully saturated rings. The van der Waals surface area contributed by atoms with Crippen LogP contribution in [0.3, 0.4) is 0 Å². The van der Waals surface area contributed by atoms with Gasteiger partial charge in [-0.2, -0.15) is 0 Å². The van der Waals surface area contributed by atoms with E-state index in [1.807, 2.05) is 0 Å². The topological polar surface area (TPSA) is 26.0 Å². The van der Waals surface area contributed by atoms with E-state index in [4.69, 9.17) is 5.73 Å². The summed E-state index contributed by atoms with van der Waals surface area (Å²) in [7, 11) is 0. The molecule has 0 heterocycles. The molecule has 0 spiro atoms. The molecular weight excluding hydrogens is 290 g/mol. The Balaban J connectivity index is 1.60. The molecule has 2 saturated carbocycles. The van der Waals surface area contributed by atoms with Gasteiger partial charge in [0.2, 0.25) is 0 Å². The van der Waals surface area contributed by atoms with E-state index in [1.54, 1.807) is 11.1 Å². The van der Waals surface area contributed by atoms with Crippen LogP contribution >= 0.6 is 0 Å². The van der Waals surface area contributed by atoms with Gasteiger partial charge in [-0.15, -0.1) is 0 Å². The smallest absolute Gasteiger partial charge is 0.0318 e. The van der Waals surface area contributed by atoms with E-state index in [2.05, 4.69) is 32.9 Å². The minimum Gasteiger partial charge on any atom is -0.324 e. The van der Waals surface area contributed by atoms with E-state index in [0.29, 0.717) is 5.92 Å². The lowest BCUT2D eigenvalue weighted by molar-refractivity contribution is 0.282. The van der Waals surface area contributed by atoms with Crippen LogP contribution in [0.1, 0.15) is 85.0 Å². The highest BCUT2D eigenvalue weighted by Crippen LogP contribution is 2.38. The number of hydrogen-bond acceptors (Lipinski definition) is 1. The van der Waals surface area contributed by atoms with Crippen LogP contribution in [0, 0.1) is 29.6 Å². The molecule has 0 aromatic rings. The van der Waals surface area contributed by atoms with Crippen molar-refractivity contribution in [1.29, 1.82) is 0 Å². The molecule has 24 heavy (non-hydrogen) atoms. The Morgan fingerprint density at radius 1 is 0.792 bits per heavy atom. The Bertz CT molecular complexity index is 458. The molecule has 0 aromatic carbocycles. The molecule has 3 aliphatic rings. The van der Waals surface area contributed by atoms with Gasteiger partial charge >= 0.3 is 0 Å². The molecule has 3 aliphatic carbocycles. The van der Waals surface area contributed by atoms with E-state index >= 15 is 0 Å². The highest BCUT2D eigenvalue weighted by molar-refractivity contribution is 5.33. The first-order chi connectivity index (χ1) is 11.5. The normalized spacial score (nSPS) is 40.8. The second kappa shape index (κ2) is 8.21. The first-order valence-electron chi connectivity index (χ1n) is 10.7. The van der Waals surface area contributed by atoms with Crippen molar-refractivity contribution >= 4 is 0 Å². The second-order valence-corrected chi connectivity index (χ2v) is 9.51. The third kappa shape index (κ3) is 4.75. The highest BCUT2D eigenvalue weighted by atomic mass is 14.7. The molecule has 0 bridgehead atoms. The van der Waals surface area contributed by atoms with Crippen LogP contribution in [0.4, 0.5) is 0 Å². The number of allylic oxidation sites excluding steroid dienone is 2. The number of hydrogen-bond donors (Lipinski definition) is 1. The molecule has 0 amide bonds. The Hall–Kier alpha value is -0.560. The standard InChI is InChI=1S/C23H39N/c1-16-4-8-19(9-5-16)13-21-12-18(3)23(24)22(15-21)14-20-10-6-17(2)7-11-20/h12,15-20,23H,4-11,13-14,24H2,1-3H3. The molecule has 2 unspecified atom stereocenters. The molecule has 1 nitrogen and oxygen atoms in total. The summed E-state index contributed by atoms with van der Waals surface area (Å²) < 4.78 is 0. The maximum atomic E-state index is 6.57. The van der Waals surface area contributed by atoms with Gasteiger partial charge in [0.15, 0.2) is 0 Å². The fraction of sp³-hybridized carbons (Fsp3) is 0.826. The van der Waals surface area contributed by atoms with E-state index < -0.39 is 0 Å². The summed E-state index contributed by atoms with van der Waals surface area (Å²) in [5.74, 6) is 4.22. The lowest BCUT2D eigenvalue weighted by Gasteiger charge is -2.33. The Morgan fingerprint density at radius 3 is 1.83 bits per heavy atom. The van der Waals surface area contributed by atoms with Gasteiger partial charge in [0.1, 0.15) is 0 Å². The third-order valence-corrected chi connectivity index (χ3v) is 7.16. The first-order valence-corrected chi connectivity index (χ1v) is 10.7. The number of nitrogens with two attached hydrogens (primary N) is 1. The van der Waals surface area contributed by atoms with Gasteiger partial charge in [-0.05, 0) is 68.1 Å². The van der Waals surface area contributed by atoms with Gasteiger partial charge in [0.05, 0.1) is 0 Å². The molecule has 0 aliphatic heterocycles. The zero-order valence-electron chi connectivity index (χ0n) is 16.3. The zero-order chi connectivity index (χ0) is 17.1. The molecule has 0 aromatic heterocycles. The molecule has 2 atom stereocenters. The second-order valence-electron chi connectivity index (χ2n) is 9.51. The van der Waals surface area contributed by atoms with Crippen LogP contribution in [-0.2, 0) is 0 Å². The van der Waals surface area contributed by atoms with E-state index in [9.17, 15) is 0 Å². The summed E-state index contributed by atoms with van der Waals surface area (Å²) in [6.45, 7) is 7.15. The van der Waals surface area contributed by atoms with Crippen LogP contribution in [-0.4, -0.2) is 6.04 Å². The maximum Gasteiger partial charge on any atom is 0.0318 e. The summed E-state index contributed by atoms with van der Waals surface area (Å²) in [6.07, 6.45) is 19.0. The van der Waals surface area contributed by atoms with Gasteiger partial charge in [-0.3, -0.25) is 0 Å². The molecule has 0 saturated heterocycles. The summed E-state index contributed by atoms with van der Waals surface area (Å²) in [5, 5.41) is 0. The summed E-state index contributed by atoms with van der Waals surface area (Å²) in [6, 6.07) is 0.263. The average molecular weight is 330 g/mol. The van der Waals surface area contributed by atoms with Crippen LogP contribution in [0.15, 0.2) is 23.3 Å². The third-order valence-electron chi connectivity index (χ3n) is 7.16. The van der Waals surface area contributed by atoms with E-state index in [0.717, 1.165) is 23.7 Å². The van der Waals surface area contributed by atoms with Crippen LogP contribution in [0.25, 0.3) is 0 Å². The Kier molecular flexibility index (Phi) is 6.24. The van der Waals surface area contributed by atoms with Crippen LogP contribution < -0.4 is 5.73 Å². The van der Waals surface area contributed by atoms with Crippen molar-refractivity contribution in [2.45, 2.75) is 91.0 Å². The number of rotatable bonds is 4. The SMILES string of the molecule is CC1CCC(CC2=CC(C)C(N)C(CC3CCC(C)CC3)=C2)CC1. The van der Waals surface area contributed by atoms with Gasteiger partial charge in [0, 0.05) is 6.04 Å². The van der Waals surface area contributed by atoms with Crippen molar-refractivity contribution in [2.75, 3.05) is 0 Å². The van der Waals surface area contributed by atoms with Gasteiger partial charge in [0.25, 0.3) is 0 Å². The Morgan fingerprint density at radius 2 is 1.29 bits per heavy atom. The predicted octanol–water partition coefficient (Wildman–Crippen LogP) is 6.25. The van der Waals surface area contributed by atoms with Gasteiger partial charge in [-0.1, -0.05) is 69.8 Å². The Labute approximate surface area is 150 Å². The summed E-state index contributed by atoms with van der Waals surface area (Å²) >= 11 is 0. The lowest BCUT2D eigenvalue weighted by atomic mass is 9.74. The largest absolute Gasteiger partial charge is 0.324 e. The predicted molar refractivity (Wildman–Crippen MR) is 105 cm³/mol. The van der Waals surface area contributed by atoms with Crippen molar-refractivity contribution in [3.8, 4) is 0 Å². The molecule has 136 valence electrons. The first kappa shape index (κ1) is 18.2. The van der Waals surface area contributed by atoms with Gasteiger partial charge in [-0.25, -0.2) is 0 Å². The zero-order valence-corrected chi connectivity index (χ0v) is 16.3. The van der Waals surface area contributed by atoms with Crippen LogP contribution in [0.5, 0.6) is 0 Å². The monoisotopic (exact) mass is 329 g/mol. The summed E-state index contributed by atoms with van der Waals surface area (Å²) in [5.41, 5.74) is 9.73. The lowest BCUT2D eigenvalue weighted by Crippen LogP contribution is -2.33. The van der Waals surface area contributed by atoms with Gasteiger partial charge < -0.3 is 5.73 Å². The van der Waals surface area contributed by atoms with Crippen molar-refractivity contribution < 1.29 is 0 Å². The average Bonchev–Trinajstić information content (AvgIpc) is 2.56. The fourth-order valence-corrected chi connectivity index (χ4v) is 5.22. The van der Waals surface area contributed by atoms with Crippen molar-refractivity contribution in [3.63, 3.8) is 0 Å². The summed E-state index contributed by atoms with van der Waals surface area (Å²) in [4.78, 5) is 0. The van der Waals surface area contributed by atoms with Crippen molar-refractivity contribution in [2.24, 2.45) is 35.3 Å². The molecule has 2 N–H and O–H groups in total. The molecule has 3 rings (SSSR count). The molecule has 1 heteroatoms.